The molecule has 3 nitrogen and oxygen atoms in total. The van der Waals surface area contributed by atoms with Gasteiger partial charge in [-0.15, -0.1) is 0 Å². The van der Waals surface area contributed by atoms with Crippen LogP contribution in [0.4, 0.5) is 8.78 Å². The second-order valence-electron chi connectivity index (χ2n) is 6.81. The smallest absolute Gasteiger partial charge is 0.253 e. The minimum Gasteiger partial charge on any atom is -0.338 e. The maximum absolute atomic E-state index is 14.0. The van der Waals surface area contributed by atoms with E-state index in [9.17, 15) is 13.6 Å². The van der Waals surface area contributed by atoms with Gasteiger partial charge >= 0.3 is 0 Å². The van der Waals surface area contributed by atoms with E-state index < -0.39 is 11.6 Å². The number of amides is 1. The second kappa shape index (κ2) is 8.41. The second-order valence-corrected chi connectivity index (χ2v) is 6.81. The first-order valence-corrected chi connectivity index (χ1v) is 9.11. The van der Waals surface area contributed by atoms with Gasteiger partial charge in [0.05, 0.1) is 0 Å². The number of nitrogens with zero attached hydrogens (tertiary/aromatic N) is 1. The number of rotatable bonds is 6. The maximum atomic E-state index is 14.0. The Hall–Kier alpha value is -2.27. The van der Waals surface area contributed by atoms with Crippen LogP contribution in [0, 0.1) is 17.6 Å². The van der Waals surface area contributed by atoms with Gasteiger partial charge in [-0.1, -0.05) is 31.2 Å². The van der Waals surface area contributed by atoms with Crippen LogP contribution >= 0.6 is 0 Å². The largest absolute Gasteiger partial charge is 0.338 e. The monoisotopic (exact) mass is 358 g/mol. The molecule has 0 saturated carbocycles. The molecule has 0 spiro atoms. The van der Waals surface area contributed by atoms with Crippen molar-refractivity contribution in [1.29, 1.82) is 0 Å². The average Bonchev–Trinajstić information content (AvgIpc) is 3.12. The molecule has 2 atom stereocenters. The van der Waals surface area contributed by atoms with Gasteiger partial charge in [-0.05, 0) is 37.0 Å². The lowest BCUT2D eigenvalue weighted by Gasteiger charge is -2.21. The molecule has 0 bridgehead atoms. The van der Waals surface area contributed by atoms with Crippen molar-refractivity contribution in [2.45, 2.75) is 25.8 Å². The fraction of sp³-hybridized carbons (Fsp3) is 0.381. The highest BCUT2D eigenvalue weighted by atomic mass is 19.1. The molecule has 0 radical (unpaired) electrons. The van der Waals surface area contributed by atoms with Crippen molar-refractivity contribution < 1.29 is 13.6 Å². The molecule has 0 aliphatic carbocycles. The maximum Gasteiger partial charge on any atom is 0.253 e. The number of carbonyl (C=O) groups excluding carboxylic acids is 1. The van der Waals surface area contributed by atoms with Crippen molar-refractivity contribution in [3.05, 3.63) is 71.3 Å². The number of halogens is 2. The van der Waals surface area contributed by atoms with Crippen LogP contribution in [0.15, 0.2) is 48.5 Å². The van der Waals surface area contributed by atoms with Crippen LogP contribution < -0.4 is 5.32 Å². The summed E-state index contributed by atoms with van der Waals surface area (Å²) in [7, 11) is 0. The Labute approximate surface area is 153 Å². The summed E-state index contributed by atoms with van der Waals surface area (Å²) < 4.78 is 27.1. The lowest BCUT2D eigenvalue weighted by atomic mass is 10.0. The summed E-state index contributed by atoms with van der Waals surface area (Å²) >= 11 is 0. The highest BCUT2D eigenvalue weighted by Crippen LogP contribution is 2.23. The molecule has 5 heteroatoms. The molecule has 1 saturated heterocycles. The fourth-order valence-corrected chi connectivity index (χ4v) is 3.51. The van der Waals surface area contributed by atoms with Gasteiger partial charge in [0.25, 0.3) is 5.91 Å². The van der Waals surface area contributed by atoms with Crippen LogP contribution in [0.1, 0.15) is 41.7 Å². The first-order valence-electron chi connectivity index (χ1n) is 9.11. The first kappa shape index (κ1) is 18.5. The van der Waals surface area contributed by atoms with Crippen LogP contribution in [0.3, 0.4) is 0 Å². The lowest BCUT2D eigenvalue weighted by molar-refractivity contribution is 0.0787. The fourth-order valence-electron chi connectivity index (χ4n) is 3.51. The van der Waals surface area contributed by atoms with E-state index in [-0.39, 0.29) is 11.9 Å². The van der Waals surface area contributed by atoms with E-state index in [4.69, 9.17) is 0 Å². The predicted molar refractivity (Wildman–Crippen MR) is 97.8 cm³/mol. The number of carbonyl (C=O) groups is 1. The topological polar surface area (TPSA) is 32.3 Å². The first-order chi connectivity index (χ1) is 12.6. The summed E-state index contributed by atoms with van der Waals surface area (Å²) in [5.41, 5.74) is 1.20. The van der Waals surface area contributed by atoms with Gasteiger partial charge in [-0.25, -0.2) is 8.78 Å². The molecule has 1 fully saturated rings. The van der Waals surface area contributed by atoms with Crippen molar-refractivity contribution in [2.75, 3.05) is 19.6 Å². The van der Waals surface area contributed by atoms with Crippen molar-refractivity contribution >= 4 is 5.91 Å². The molecule has 1 heterocycles. The third kappa shape index (κ3) is 4.28. The zero-order chi connectivity index (χ0) is 18.5. The van der Waals surface area contributed by atoms with Crippen LogP contribution in [0.2, 0.25) is 0 Å². The summed E-state index contributed by atoms with van der Waals surface area (Å²) in [4.78, 5) is 14.4. The Kier molecular flexibility index (Phi) is 5.99. The third-order valence-electron chi connectivity index (χ3n) is 4.99. The molecule has 26 heavy (non-hydrogen) atoms. The Morgan fingerprint density at radius 1 is 1.23 bits per heavy atom. The normalized spacial score (nSPS) is 18.1. The Morgan fingerprint density at radius 3 is 2.69 bits per heavy atom. The van der Waals surface area contributed by atoms with Crippen LogP contribution in [0.5, 0.6) is 0 Å². The van der Waals surface area contributed by atoms with Crippen LogP contribution in [-0.4, -0.2) is 30.4 Å². The number of hydrogen-bond acceptors (Lipinski definition) is 2. The van der Waals surface area contributed by atoms with Crippen molar-refractivity contribution in [1.82, 2.24) is 10.2 Å². The highest BCUT2D eigenvalue weighted by Gasteiger charge is 2.27. The molecule has 0 unspecified atom stereocenters. The molecule has 2 aromatic carbocycles. The Balaban J connectivity index is 1.56. The number of likely N-dealkylation sites (tertiary alicyclic amines) is 1. The predicted octanol–water partition coefficient (Wildman–Crippen LogP) is 4.17. The SMILES string of the molecule is CC[C@H](NC[C@H]1CCN(C(=O)c2ccccc2)C1)c1ccc(F)cc1F. The van der Waals surface area contributed by atoms with Gasteiger partial charge in [-0.2, -0.15) is 0 Å². The lowest BCUT2D eigenvalue weighted by Crippen LogP contribution is -2.32. The summed E-state index contributed by atoms with van der Waals surface area (Å²) in [6.45, 7) is 4.11. The van der Waals surface area contributed by atoms with E-state index in [1.54, 1.807) is 0 Å². The minimum absolute atomic E-state index is 0.0599. The van der Waals surface area contributed by atoms with Crippen molar-refractivity contribution in [3.63, 3.8) is 0 Å². The van der Waals surface area contributed by atoms with Gasteiger partial charge in [0.2, 0.25) is 0 Å². The molecule has 3 rings (SSSR count). The highest BCUT2D eigenvalue weighted by molar-refractivity contribution is 5.94. The van der Waals surface area contributed by atoms with Crippen molar-refractivity contribution in [3.8, 4) is 0 Å². The summed E-state index contributed by atoms with van der Waals surface area (Å²) in [6, 6.07) is 12.9. The minimum atomic E-state index is -0.563. The molecule has 1 aliphatic heterocycles. The summed E-state index contributed by atoms with van der Waals surface area (Å²) in [5, 5.41) is 3.39. The zero-order valence-corrected chi connectivity index (χ0v) is 14.9. The molecule has 1 N–H and O–H groups in total. The van der Waals surface area contributed by atoms with Gasteiger partial charge in [0.15, 0.2) is 0 Å². The zero-order valence-electron chi connectivity index (χ0n) is 14.9. The molecule has 0 aromatic heterocycles. The molecule has 138 valence electrons. The summed E-state index contributed by atoms with van der Waals surface area (Å²) in [5.74, 6) is -0.687. The number of nitrogens with one attached hydrogen (secondary N) is 1. The van der Waals surface area contributed by atoms with Gasteiger partial charge < -0.3 is 10.2 Å². The van der Waals surface area contributed by atoms with Gasteiger partial charge in [0, 0.05) is 42.9 Å². The van der Waals surface area contributed by atoms with Crippen LogP contribution in [-0.2, 0) is 0 Å². The molecular formula is C21H24F2N2O. The quantitative estimate of drug-likeness (QED) is 0.841. The van der Waals surface area contributed by atoms with Crippen molar-refractivity contribution in [2.24, 2.45) is 5.92 Å². The standard InChI is InChI=1S/C21H24F2N2O/c1-2-20(18-9-8-17(22)12-19(18)23)24-13-15-10-11-25(14-15)21(26)16-6-4-3-5-7-16/h3-9,12,15,20,24H,2,10-11,13-14H2,1H3/t15-,20+/m1/s1. The van der Waals surface area contributed by atoms with Gasteiger partial charge in [-0.3, -0.25) is 4.79 Å². The number of benzene rings is 2. The Morgan fingerprint density at radius 2 is 2.00 bits per heavy atom. The summed E-state index contributed by atoms with van der Waals surface area (Å²) in [6.07, 6.45) is 1.63. The number of hydrogen-bond donors (Lipinski definition) is 1. The average molecular weight is 358 g/mol. The van der Waals surface area contributed by atoms with E-state index in [1.165, 1.54) is 12.1 Å². The van der Waals surface area contributed by atoms with E-state index in [0.717, 1.165) is 19.0 Å². The molecule has 1 amide bonds. The molecule has 2 aromatic rings. The van der Waals surface area contributed by atoms with Gasteiger partial charge in [0.1, 0.15) is 11.6 Å². The van der Waals surface area contributed by atoms with E-state index in [2.05, 4.69) is 5.32 Å². The molecular weight excluding hydrogens is 334 g/mol. The molecule has 1 aliphatic rings. The van der Waals surface area contributed by atoms with E-state index in [0.29, 0.717) is 36.6 Å². The van der Waals surface area contributed by atoms with Crippen LogP contribution in [0.25, 0.3) is 0 Å². The third-order valence-corrected chi connectivity index (χ3v) is 4.99. The Bertz CT molecular complexity index is 751. The van der Waals surface area contributed by atoms with E-state index >= 15 is 0 Å². The van der Waals surface area contributed by atoms with E-state index in [1.807, 2.05) is 42.2 Å².